The van der Waals surface area contributed by atoms with Crippen LogP contribution in [-0.4, -0.2) is 24.2 Å². The van der Waals surface area contributed by atoms with Crippen LogP contribution >= 0.6 is 15.9 Å². The zero-order valence-corrected chi connectivity index (χ0v) is 11.6. The zero-order chi connectivity index (χ0) is 12.4. The van der Waals surface area contributed by atoms with Crippen LogP contribution in [0.25, 0.3) is 10.8 Å². The van der Waals surface area contributed by atoms with Crippen LogP contribution in [0.3, 0.4) is 0 Å². The van der Waals surface area contributed by atoms with Gasteiger partial charge in [0, 0.05) is 28.0 Å². The van der Waals surface area contributed by atoms with E-state index in [-0.39, 0.29) is 6.10 Å². The molecule has 0 aliphatic carbocycles. The lowest BCUT2D eigenvalue weighted by Crippen LogP contribution is -2.37. The first-order chi connectivity index (χ1) is 8.84. The maximum Gasteiger partial charge on any atom is 0.221 e. The van der Waals surface area contributed by atoms with Gasteiger partial charge in [-0.2, -0.15) is 0 Å². The Morgan fingerprint density at radius 1 is 1.28 bits per heavy atom. The highest BCUT2D eigenvalue weighted by molar-refractivity contribution is 9.10. The molecule has 0 amide bonds. The Bertz CT molecular complexity index is 552. The number of hydrogen-bond acceptors (Lipinski definition) is 3. The number of ether oxygens (including phenoxy) is 1. The fourth-order valence-electron chi connectivity index (χ4n) is 2.31. The average Bonchev–Trinajstić information content (AvgIpc) is 2.41. The third-order valence-electron chi connectivity index (χ3n) is 3.25. The van der Waals surface area contributed by atoms with Crippen LogP contribution in [0.4, 0.5) is 0 Å². The van der Waals surface area contributed by atoms with Crippen LogP contribution in [-0.2, 0) is 0 Å². The van der Waals surface area contributed by atoms with Crippen molar-refractivity contribution in [3.63, 3.8) is 0 Å². The van der Waals surface area contributed by atoms with Gasteiger partial charge in [0.05, 0.1) is 0 Å². The van der Waals surface area contributed by atoms with Gasteiger partial charge in [0.15, 0.2) is 0 Å². The van der Waals surface area contributed by atoms with E-state index in [0.29, 0.717) is 0 Å². The molecule has 1 N–H and O–H groups in total. The third-order valence-corrected chi connectivity index (χ3v) is 3.94. The summed E-state index contributed by atoms with van der Waals surface area (Å²) >= 11 is 3.56. The van der Waals surface area contributed by atoms with Gasteiger partial charge >= 0.3 is 0 Å². The van der Waals surface area contributed by atoms with Crippen molar-refractivity contribution in [2.75, 3.05) is 13.1 Å². The smallest absolute Gasteiger partial charge is 0.221 e. The number of nitrogens with zero attached hydrogens (tertiary/aromatic N) is 1. The lowest BCUT2D eigenvalue weighted by Gasteiger charge is -2.23. The number of fused-ring (bicyclic) bond motifs is 1. The molecule has 0 spiro atoms. The van der Waals surface area contributed by atoms with Crippen molar-refractivity contribution in [3.05, 3.63) is 34.9 Å². The molecule has 1 fully saturated rings. The molecule has 18 heavy (non-hydrogen) atoms. The first kappa shape index (κ1) is 11.9. The second-order valence-electron chi connectivity index (χ2n) is 4.54. The lowest BCUT2D eigenvalue weighted by molar-refractivity contribution is 0.163. The summed E-state index contributed by atoms with van der Waals surface area (Å²) < 4.78 is 7.11. The van der Waals surface area contributed by atoms with Crippen LogP contribution in [0.2, 0.25) is 0 Å². The van der Waals surface area contributed by atoms with Crippen molar-refractivity contribution in [1.29, 1.82) is 0 Å². The van der Waals surface area contributed by atoms with E-state index in [1.165, 1.54) is 6.42 Å². The molecule has 0 radical (unpaired) electrons. The maximum absolute atomic E-state index is 6.03. The molecule has 3 nitrogen and oxygen atoms in total. The first-order valence-electron chi connectivity index (χ1n) is 6.25. The molecular formula is C14H15BrN2O. The third kappa shape index (κ3) is 2.35. The molecule has 1 saturated heterocycles. The van der Waals surface area contributed by atoms with E-state index in [9.17, 15) is 0 Å². The number of piperidine rings is 1. The summed E-state index contributed by atoms with van der Waals surface area (Å²) in [5.41, 5.74) is 0. The Labute approximate surface area is 115 Å². The SMILES string of the molecule is Brc1cccc2c(OC3CCCNC3)nccc12. The van der Waals surface area contributed by atoms with E-state index in [0.717, 1.165) is 40.6 Å². The van der Waals surface area contributed by atoms with Gasteiger partial charge in [-0.3, -0.25) is 0 Å². The van der Waals surface area contributed by atoms with E-state index in [4.69, 9.17) is 4.74 Å². The summed E-state index contributed by atoms with van der Waals surface area (Å²) in [5, 5.41) is 5.56. The fraction of sp³-hybridized carbons (Fsp3) is 0.357. The number of hydrogen-bond donors (Lipinski definition) is 1. The van der Waals surface area contributed by atoms with Gasteiger partial charge < -0.3 is 10.1 Å². The number of nitrogens with one attached hydrogen (secondary N) is 1. The molecule has 0 saturated carbocycles. The Kier molecular flexibility index (Phi) is 3.48. The van der Waals surface area contributed by atoms with Crippen LogP contribution in [0.15, 0.2) is 34.9 Å². The quantitative estimate of drug-likeness (QED) is 0.925. The van der Waals surface area contributed by atoms with Crippen molar-refractivity contribution in [1.82, 2.24) is 10.3 Å². The van der Waals surface area contributed by atoms with Gasteiger partial charge in [0.2, 0.25) is 5.88 Å². The van der Waals surface area contributed by atoms with Gasteiger partial charge in [-0.15, -0.1) is 0 Å². The second kappa shape index (κ2) is 5.24. The van der Waals surface area contributed by atoms with E-state index in [2.05, 4.69) is 32.3 Å². The molecule has 2 aromatic rings. The number of aromatic nitrogens is 1. The number of benzene rings is 1. The normalized spacial score (nSPS) is 19.9. The highest BCUT2D eigenvalue weighted by atomic mass is 79.9. The summed E-state index contributed by atoms with van der Waals surface area (Å²) in [5.74, 6) is 0.738. The number of halogens is 1. The zero-order valence-electron chi connectivity index (χ0n) is 10.0. The van der Waals surface area contributed by atoms with Crippen LogP contribution < -0.4 is 10.1 Å². The Morgan fingerprint density at radius 3 is 3.06 bits per heavy atom. The maximum atomic E-state index is 6.03. The molecule has 3 rings (SSSR count). The van der Waals surface area contributed by atoms with Crippen molar-refractivity contribution < 1.29 is 4.74 Å². The van der Waals surface area contributed by atoms with E-state index in [1.54, 1.807) is 6.20 Å². The monoisotopic (exact) mass is 306 g/mol. The molecule has 2 heterocycles. The minimum Gasteiger partial charge on any atom is -0.473 e. The summed E-state index contributed by atoms with van der Waals surface area (Å²) in [7, 11) is 0. The highest BCUT2D eigenvalue weighted by Gasteiger charge is 2.16. The van der Waals surface area contributed by atoms with Crippen LogP contribution in [0.5, 0.6) is 5.88 Å². The van der Waals surface area contributed by atoms with Gasteiger partial charge in [0.25, 0.3) is 0 Å². The molecule has 1 aromatic heterocycles. The topological polar surface area (TPSA) is 34.1 Å². The molecule has 1 aliphatic rings. The fourth-order valence-corrected chi connectivity index (χ4v) is 2.81. The largest absolute Gasteiger partial charge is 0.473 e. The van der Waals surface area contributed by atoms with E-state index >= 15 is 0 Å². The average molecular weight is 307 g/mol. The molecule has 1 unspecified atom stereocenters. The molecule has 0 bridgehead atoms. The molecule has 1 aromatic carbocycles. The van der Waals surface area contributed by atoms with Gasteiger partial charge in [0.1, 0.15) is 6.10 Å². The molecule has 1 atom stereocenters. The van der Waals surface area contributed by atoms with Gasteiger partial charge in [-0.1, -0.05) is 22.0 Å². The number of rotatable bonds is 2. The highest BCUT2D eigenvalue weighted by Crippen LogP contribution is 2.29. The van der Waals surface area contributed by atoms with E-state index < -0.39 is 0 Å². The lowest BCUT2D eigenvalue weighted by atomic mass is 10.1. The molecular weight excluding hydrogens is 292 g/mol. The van der Waals surface area contributed by atoms with Crippen molar-refractivity contribution in [2.45, 2.75) is 18.9 Å². The van der Waals surface area contributed by atoms with Crippen LogP contribution in [0.1, 0.15) is 12.8 Å². The van der Waals surface area contributed by atoms with Crippen LogP contribution in [0, 0.1) is 0 Å². The van der Waals surface area contributed by atoms with Crippen molar-refractivity contribution in [3.8, 4) is 5.88 Å². The second-order valence-corrected chi connectivity index (χ2v) is 5.39. The van der Waals surface area contributed by atoms with Gasteiger partial charge in [-0.05, 0) is 37.6 Å². The van der Waals surface area contributed by atoms with E-state index in [1.807, 2.05) is 18.2 Å². The van der Waals surface area contributed by atoms with Gasteiger partial charge in [-0.25, -0.2) is 4.98 Å². The summed E-state index contributed by atoms with van der Waals surface area (Å²) in [6, 6.07) is 8.11. The number of pyridine rings is 1. The molecule has 94 valence electrons. The minimum absolute atomic E-state index is 0.232. The Morgan fingerprint density at radius 2 is 2.22 bits per heavy atom. The predicted molar refractivity (Wildman–Crippen MR) is 76.0 cm³/mol. The first-order valence-corrected chi connectivity index (χ1v) is 7.04. The predicted octanol–water partition coefficient (Wildman–Crippen LogP) is 3.13. The minimum atomic E-state index is 0.232. The standard InChI is InChI=1S/C14H15BrN2O/c15-13-5-1-4-12-11(13)6-8-17-14(12)18-10-3-2-7-16-9-10/h1,4-6,8,10,16H,2-3,7,9H2. The Hall–Kier alpha value is -1.13. The summed E-state index contributed by atoms with van der Waals surface area (Å²) in [6.07, 6.45) is 4.30. The van der Waals surface area contributed by atoms with Crippen molar-refractivity contribution in [2.24, 2.45) is 0 Å². The summed E-state index contributed by atoms with van der Waals surface area (Å²) in [4.78, 5) is 4.37. The molecule has 4 heteroatoms. The Balaban J connectivity index is 1.93. The summed E-state index contributed by atoms with van der Waals surface area (Å²) in [6.45, 7) is 2.00. The van der Waals surface area contributed by atoms with Crippen molar-refractivity contribution >= 4 is 26.7 Å². The molecule has 1 aliphatic heterocycles.